The molecule has 0 N–H and O–H groups in total. The summed E-state index contributed by atoms with van der Waals surface area (Å²) in [7, 11) is 0. The topological polar surface area (TPSA) is 82.2 Å². The van der Waals surface area contributed by atoms with E-state index in [1.807, 2.05) is 20.8 Å². The van der Waals surface area contributed by atoms with Gasteiger partial charge in [0.05, 0.1) is 23.0 Å². The summed E-state index contributed by atoms with van der Waals surface area (Å²) in [5.41, 5.74) is 0.713. The van der Waals surface area contributed by atoms with Crippen molar-refractivity contribution in [2.75, 3.05) is 0 Å². The molecule has 220 valence electrons. The third-order valence-corrected chi connectivity index (χ3v) is 13.8. The van der Waals surface area contributed by atoms with Crippen molar-refractivity contribution in [1.82, 2.24) is 0 Å². The Labute approximate surface area is 239 Å². The van der Waals surface area contributed by atoms with E-state index in [1.165, 1.54) is 12.0 Å². The lowest BCUT2D eigenvalue weighted by Gasteiger charge is -2.59. The maximum atomic E-state index is 13.9. The number of fused-ring (bicyclic) bond motifs is 4. The summed E-state index contributed by atoms with van der Waals surface area (Å²) in [6.45, 7) is 15.1. The average Bonchev–Trinajstić information content (AvgIpc) is 3.68. The summed E-state index contributed by atoms with van der Waals surface area (Å²) >= 11 is 0. The van der Waals surface area contributed by atoms with Gasteiger partial charge in [-0.05, 0) is 108 Å². The van der Waals surface area contributed by atoms with Crippen LogP contribution in [0.15, 0.2) is 11.1 Å². The normalized spacial score (nSPS) is 51.3. The van der Waals surface area contributed by atoms with Gasteiger partial charge in [0.25, 0.3) is 0 Å². The summed E-state index contributed by atoms with van der Waals surface area (Å²) in [5.74, 6) is 2.54. The number of ketones is 2. The Morgan fingerprint density at radius 2 is 1.75 bits per heavy atom. The third-order valence-electron chi connectivity index (χ3n) is 13.8. The summed E-state index contributed by atoms with van der Waals surface area (Å²) < 4.78 is 19.2. The molecular weight excluding hydrogens is 504 g/mol. The molecule has 2 aliphatic heterocycles. The number of ether oxygens (including phenoxy) is 3. The molecule has 40 heavy (non-hydrogen) atoms. The monoisotopic (exact) mass is 552 g/mol. The first-order valence-corrected chi connectivity index (χ1v) is 16.1. The predicted octanol–water partition coefficient (Wildman–Crippen LogP) is 6.00. The quantitative estimate of drug-likeness (QED) is 0.308. The van der Waals surface area contributed by atoms with Crippen molar-refractivity contribution in [3.63, 3.8) is 0 Å². The van der Waals surface area contributed by atoms with Crippen LogP contribution in [0.3, 0.4) is 0 Å². The highest BCUT2D eigenvalue weighted by atomic mass is 16.6. The minimum absolute atomic E-state index is 0.0448. The molecule has 6 nitrogen and oxygen atoms in total. The first-order chi connectivity index (χ1) is 18.8. The van der Waals surface area contributed by atoms with Gasteiger partial charge in [-0.2, -0.15) is 0 Å². The van der Waals surface area contributed by atoms with Crippen molar-refractivity contribution in [1.29, 1.82) is 0 Å². The van der Waals surface area contributed by atoms with E-state index in [0.717, 1.165) is 44.1 Å². The Morgan fingerprint density at radius 3 is 2.40 bits per heavy atom. The summed E-state index contributed by atoms with van der Waals surface area (Å²) in [5, 5.41) is 0. The standard InChI is InChI=1S/C34H48O6/c1-8-19-17(2)15-24(38-30(19)37)18(3)21-9-10-22-20-16-27-34(40-27)26(39-29-28(36)31(29,4)5)12-11-25(35)33(34,7)23(20)13-14-32(21,22)6/h18,20-24,26-27,29H,8-16H2,1-7H3/t18-,20?,21?,22?,23?,24?,26-,27+,29?,32+,33-,34+/m0/s1. The van der Waals surface area contributed by atoms with Gasteiger partial charge in [-0.3, -0.25) is 9.59 Å². The van der Waals surface area contributed by atoms with Gasteiger partial charge in [-0.15, -0.1) is 0 Å². The van der Waals surface area contributed by atoms with Crippen molar-refractivity contribution in [2.24, 2.45) is 45.8 Å². The molecule has 6 unspecified atom stereocenters. The Hall–Kier alpha value is -1.53. The smallest absolute Gasteiger partial charge is 0.334 e. The number of Topliss-reactive ketones (excluding diaryl/α,β-unsaturated/α-hetero) is 2. The minimum Gasteiger partial charge on any atom is -0.458 e. The Morgan fingerprint density at radius 1 is 1.02 bits per heavy atom. The van der Waals surface area contributed by atoms with E-state index >= 15 is 0 Å². The Kier molecular flexibility index (Phi) is 5.82. The highest BCUT2D eigenvalue weighted by molar-refractivity contribution is 6.05. The van der Waals surface area contributed by atoms with Crippen LogP contribution in [0.1, 0.15) is 106 Å². The molecule has 0 bridgehead atoms. The molecule has 6 fully saturated rings. The fraction of sp³-hybridized carbons (Fsp3) is 0.853. The number of rotatable bonds is 5. The molecule has 2 heterocycles. The fourth-order valence-electron chi connectivity index (χ4n) is 11.3. The van der Waals surface area contributed by atoms with Crippen molar-refractivity contribution in [3.8, 4) is 0 Å². The van der Waals surface area contributed by atoms with E-state index in [0.29, 0.717) is 48.2 Å². The van der Waals surface area contributed by atoms with Gasteiger partial charge in [0.2, 0.25) is 0 Å². The number of epoxide rings is 1. The van der Waals surface area contributed by atoms with Crippen molar-refractivity contribution < 1.29 is 28.6 Å². The second kappa shape index (κ2) is 8.52. The SMILES string of the molecule is CCC1=C(C)CC([C@@H](C)C2CCC3C4C[C@H]5O[C@]56[C@@H](OC5C(=O)C5(C)C)CCC(=O)[C@]6(C)C4CC[C@@]32C)OC1=O. The highest BCUT2D eigenvalue weighted by Gasteiger charge is 2.82. The number of carbonyl (C=O) groups is 3. The zero-order valence-corrected chi connectivity index (χ0v) is 25.5. The molecule has 0 radical (unpaired) electrons. The number of hydrogen-bond acceptors (Lipinski definition) is 6. The second-order valence-corrected chi connectivity index (χ2v) is 15.6. The molecule has 0 aromatic rings. The first kappa shape index (κ1) is 27.3. The Bertz CT molecular complexity index is 1200. The number of esters is 1. The highest BCUT2D eigenvalue weighted by Crippen LogP contribution is 2.74. The first-order valence-electron chi connectivity index (χ1n) is 16.1. The van der Waals surface area contributed by atoms with Gasteiger partial charge in [-0.25, -0.2) is 4.79 Å². The van der Waals surface area contributed by atoms with Crippen LogP contribution in [0, 0.1) is 45.8 Å². The van der Waals surface area contributed by atoms with Gasteiger partial charge in [0.15, 0.2) is 5.78 Å². The molecule has 7 rings (SSSR count). The molecule has 1 spiro atoms. The zero-order chi connectivity index (χ0) is 28.6. The van der Waals surface area contributed by atoms with Gasteiger partial charge < -0.3 is 14.2 Å². The molecular formula is C34H48O6. The van der Waals surface area contributed by atoms with Crippen LogP contribution in [-0.4, -0.2) is 47.6 Å². The molecule has 0 aromatic carbocycles. The summed E-state index contributed by atoms with van der Waals surface area (Å²) in [6, 6.07) is 0. The van der Waals surface area contributed by atoms with E-state index in [-0.39, 0.29) is 41.6 Å². The number of hydrogen-bond donors (Lipinski definition) is 0. The van der Waals surface area contributed by atoms with Crippen molar-refractivity contribution >= 4 is 17.5 Å². The van der Waals surface area contributed by atoms with E-state index in [1.54, 1.807) is 0 Å². The van der Waals surface area contributed by atoms with E-state index in [2.05, 4.69) is 27.7 Å². The molecule has 12 atom stereocenters. The van der Waals surface area contributed by atoms with E-state index in [4.69, 9.17) is 14.2 Å². The molecule has 0 amide bonds. The summed E-state index contributed by atoms with van der Waals surface area (Å²) in [6.07, 6.45) is 7.71. The van der Waals surface area contributed by atoms with Gasteiger partial charge in [0, 0.05) is 18.4 Å². The van der Waals surface area contributed by atoms with Gasteiger partial charge in [-0.1, -0.05) is 26.3 Å². The predicted molar refractivity (Wildman–Crippen MR) is 149 cm³/mol. The zero-order valence-electron chi connectivity index (χ0n) is 25.5. The molecule has 6 heteroatoms. The minimum atomic E-state index is -0.557. The third kappa shape index (κ3) is 3.27. The largest absolute Gasteiger partial charge is 0.458 e. The van der Waals surface area contributed by atoms with E-state index in [9.17, 15) is 14.4 Å². The Balaban J connectivity index is 1.13. The lowest BCUT2D eigenvalue weighted by molar-refractivity contribution is -0.174. The second-order valence-electron chi connectivity index (χ2n) is 15.6. The maximum absolute atomic E-state index is 13.9. The molecule has 7 aliphatic rings. The van der Waals surface area contributed by atoms with Gasteiger partial charge >= 0.3 is 5.97 Å². The van der Waals surface area contributed by atoms with Crippen LogP contribution in [0.4, 0.5) is 0 Å². The van der Waals surface area contributed by atoms with Crippen LogP contribution >= 0.6 is 0 Å². The van der Waals surface area contributed by atoms with Crippen LogP contribution in [-0.2, 0) is 28.6 Å². The number of carbonyl (C=O) groups excluding carboxylic acids is 3. The summed E-state index contributed by atoms with van der Waals surface area (Å²) in [4.78, 5) is 39.1. The molecule has 0 aromatic heterocycles. The van der Waals surface area contributed by atoms with Crippen LogP contribution in [0.2, 0.25) is 0 Å². The van der Waals surface area contributed by atoms with E-state index < -0.39 is 16.4 Å². The molecule has 1 saturated heterocycles. The lowest BCUT2D eigenvalue weighted by Crippen LogP contribution is -2.65. The molecule has 5 aliphatic carbocycles. The fourth-order valence-corrected chi connectivity index (χ4v) is 11.3. The van der Waals surface area contributed by atoms with Crippen LogP contribution in [0.25, 0.3) is 0 Å². The van der Waals surface area contributed by atoms with Crippen molar-refractivity contribution in [3.05, 3.63) is 11.1 Å². The van der Waals surface area contributed by atoms with Crippen LogP contribution < -0.4 is 0 Å². The maximum Gasteiger partial charge on any atom is 0.334 e. The van der Waals surface area contributed by atoms with Gasteiger partial charge in [0.1, 0.15) is 23.6 Å². The van der Waals surface area contributed by atoms with Crippen molar-refractivity contribution in [2.45, 2.75) is 136 Å². The molecule has 5 saturated carbocycles. The lowest BCUT2D eigenvalue weighted by atomic mass is 9.43. The van der Waals surface area contributed by atoms with Crippen LogP contribution in [0.5, 0.6) is 0 Å². The number of cyclic esters (lactones) is 1. The average molecular weight is 553 g/mol.